The van der Waals surface area contributed by atoms with Crippen LogP contribution in [0.25, 0.3) is 12.2 Å². The zero-order valence-electron chi connectivity index (χ0n) is 17.1. The Labute approximate surface area is 182 Å². The van der Waals surface area contributed by atoms with Crippen LogP contribution in [-0.4, -0.2) is 6.21 Å². The molecular weight excluding hydrogens is 376 g/mol. The summed E-state index contributed by atoms with van der Waals surface area (Å²) in [5, 5.41) is 6.95. The maximum Gasteiger partial charge on any atom is 0.0652 e. The molecule has 0 aliphatic heterocycles. The summed E-state index contributed by atoms with van der Waals surface area (Å²) >= 11 is 0. The average molecular weight is 399 g/mol. The maximum absolute atomic E-state index is 4.95. The van der Waals surface area contributed by atoms with Crippen molar-refractivity contribution in [3.8, 4) is 0 Å². The van der Waals surface area contributed by atoms with Crippen LogP contribution >= 0.6 is 0 Å². The monoisotopic (exact) mass is 398 g/mol. The highest BCUT2D eigenvalue weighted by Gasteiger charge is 2.33. The standard InChI is InChI=1S/C29H22N2/c1-3-10-25(11-4-1)31(26-12-5-2-6-13-26)30-20-24-17-16-23-15-14-21-8-7-9-22-18-19-27(24)29(23)28(21)22/h1-20,23,29H/b30-20+. The minimum Gasteiger partial charge on any atom is -0.234 e. The molecule has 3 aliphatic rings. The topological polar surface area (TPSA) is 15.6 Å². The Bertz CT molecular complexity index is 1240. The van der Waals surface area contributed by atoms with Gasteiger partial charge in [0.25, 0.3) is 0 Å². The minimum absolute atomic E-state index is 0.370. The van der Waals surface area contributed by atoms with Gasteiger partial charge in [0, 0.05) is 11.8 Å². The molecule has 0 amide bonds. The van der Waals surface area contributed by atoms with Crippen LogP contribution in [0.3, 0.4) is 0 Å². The maximum atomic E-state index is 4.95. The molecule has 0 spiro atoms. The molecule has 3 aromatic rings. The second-order valence-corrected chi connectivity index (χ2v) is 8.09. The van der Waals surface area contributed by atoms with Gasteiger partial charge in [-0.3, -0.25) is 0 Å². The van der Waals surface area contributed by atoms with E-state index in [2.05, 4.69) is 78.9 Å². The van der Waals surface area contributed by atoms with E-state index in [1.165, 1.54) is 27.8 Å². The molecule has 0 fully saturated rings. The number of benzene rings is 3. The summed E-state index contributed by atoms with van der Waals surface area (Å²) in [6.45, 7) is 0. The van der Waals surface area contributed by atoms with Crippen molar-refractivity contribution in [2.24, 2.45) is 11.0 Å². The van der Waals surface area contributed by atoms with Gasteiger partial charge in [0.1, 0.15) is 0 Å². The van der Waals surface area contributed by atoms with Crippen LogP contribution in [0.5, 0.6) is 0 Å². The highest BCUT2D eigenvalue weighted by Crippen LogP contribution is 2.48. The Morgan fingerprint density at radius 2 is 1.29 bits per heavy atom. The Hall–Kier alpha value is -3.91. The second kappa shape index (κ2) is 7.41. The Morgan fingerprint density at radius 1 is 0.645 bits per heavy atom. The number of nitrogens with zero attached hydrogens (tertiary/aromatic N) is 2. The molecule has 0 saturated carbocycles. The van der Waals surface area contributed by atoms with Crippen molar-refractivity contribution in [2.75, 3.05) is 5.01 Å². The van der Waals surface area contributed by atoms with Crippen molar-refractivity contribution in [2.45, 2.75) is 5.92 Å². The van der Waals surface area contributed by atoms with E-state index in [4.69, 9.17) is 5.10 Å². The van der Waals surface area contributed by atoms with Gasteiger partial charge in [-0.1, -0.05) is 91.1 Å². The fraction of sp³-hybridized carbons (Fsp3) is 0.0690. The van der Waals surface area contributed by atoms with Crippen molar-refractivity contribution in [1.82, 2.24) is 0 Å². The first kappa shape index (κ1) is 17.9. The van der Waals surface area contributed by atoms with E-state index in [0.29, 0.717) is 11.8 Å². The van der Waals surface area contributed by atoms with E-state index in [9.17, 15) is 0 Å². The third-order valence-electron chi connectivity index (χ3n) is 6.29. The molecular formula is C29H22N2. The lowest BCUT2D eigenvalue weighted by molar-refractivity contribution is 0.662. The molecule has 31 heavy (non-hydrogen) atoms. The predicted octanol–water partition coefficient (Wildman–Crippen LogP) is 7.13. The summed E-state index contributed by atoms with van der Waals surface area (Å²) < 4.78 is 0. The molecule has 2 nitrogen and oxygen atoms in total. The van der Waals surface area contributed by atoms with E-state index < -0.39 is 0 Å². The van der Waals surface area contributed by atoms with Gasteiger partial charge in [-0.05, 0) is 52.1 Å². The second-order valence-electron chi connectivity index (χ2n) is 8.09. The molecule has 2 unspecified atom stereocenters. The Morgan fingerprint density at radius 3 is 2.00 bits per heavy atom. The first-order valence-corrected chi connectivity index (χ1v) is 10.7. The molecule has 0 aromatic heterocycles. The summed E-state index contributed by atoms with van der Waals surface area (Å²) in [6.07, 6.45) is 15.7. The van der Waals surface area contributed by atoms with Gasteiger partial charge < -0.3 is 0 Å². The molecule has 0 heterocycles. The van der Waals surface area contributed by atoms with Crippen LogP contribution in [0.2, 0.25) is 0 Å². The van der Waals surface area contributed by atoms with E-state index >= 15 is 0 Å². The lowest BCUT2D eigenvalue weighted by Gasteiger charge is -2.36. The summed E-state index contributed by atoms with van der Waals surface area (Å²) in [6, 6.07) is 27.2. The van der Waals surface area contributed by atoms with Crippen LogP contribution < -0.4 is 5.01 Å². The van der Waals surface area contributed by atoms with Gasteiger partial charge in [0.05, 0.1) is 17.6 Å². The van der Waals surface area contributed by atoms with Gasteiger partial charge in [-0.25, -0.2) is 5.01 Å². The normalized spacial score (nSPS) is 20.3. The Kier molecular flexibility index (Phi) is 4.28. The third-order valence-corrected chi connectivity index (χ3v) is 6.29. The van der Waals surface area contributed by atoms with Gasteiger partial charge >= 0.3 is 0 Å². The summed E-state index contributed by atoms with van der Waals surface area (Å²) in [5.74, 6) is 0.777. The first-order chi connectivity index (χ1) is 15.4. The van der Waals surface area contributed by atoms with Crippen LogP contribution in [0.1, 0.15) is 22.6 Å². The van der Waals surface area contributed by atoms with Gasteiger partial charge in [0.15, 0.2) is 0 Å². The molecule has 0 bridgehead atoms. The minimum atomic E-state index is 0.370. The lowest BCUT2D eigenvalue weighted by atomic mass is 9.67. The quantitative estimate of drug-likeness (QED) is 0.337. The largest absolute Gasteiger partial charge is 0.234 e. The lowest BCUT2D eigenvalue weighted by Crippen LogP contribution is -2.22. The van der Waals surface area contributed by atoms with E-state index in [1.54, 1.807) is 0 Å². The van der Waals surface area contributed by atoms with Gasteiger partial charge in [0.2, 0.25) is 0 Å². The molecule has 148 valence electrons. The number of hydrogen-bond acceptors (Lipinski definition) is 2. The number of anilines is 2. The number of allylic oxidation sites excluding steroid dienone is 6. The smallest absolute Gasteiger partial charge is 0.0652 e. The van der Waals surface area contributed by atoms with E-state index in [-0.39, 0.29) is 0 Å². The van der Waals surface area contributed by atoms with Crippen molar-refractivity contribution in [1.29, 1.82) is 0 Å². The molecule has 3 aliphatic carbocycles. The van der Waals surface area contributed by atoms with E-state index in [0.717, 1.165) is 11.4 Å². The highest BCUT2D eigenvalue weighted by molar-refractivity contribution is 5.89. The fourth-order valence-electron chi connectivity index (χ4n) is 4.84. The molecule has 0 saturated heterocycles. The van der Waals surface area contributed by atoms with Crippen molar-refractivity contribution < 1.29 is 0 Å². The third kappa shape index (κ3) is 3.08. The molecule has 0 radical (unpaired) electrons. The molecule has 2 atom stereocenters. The fourth-order valence-corrected chi connectivity index (χ4v) is 4.84. The summed E-state index contributed by atoms with van der Waals surface area (Å²) in [7, 11) is 0. The SMILES string of the molecule is C1=CC2C=Cc3cccc4c3C2C(=C1/C=N/N(c1ccccc1)c1ccccc1)C=C4. The zero-order chi connectivity index (χ0) is 20.6. The van der Waals surface area contributed by atoms with Crippen molar-refractivity contribution >= 4 is 29.7 Å². The zero-order valence-corrected chi connectivity index (χ0v) is 17.1. The summed E-state index contributed by atoms with van der Waals surface area (Å²) in [4.78, 5) is 0. The molecule has 6 rings (SSSR count). The van der Waals surface area contributed by atoms with Crippen molar-refractivity contribution in [3.05, 3.63) is 131 Å². The van der Waals surface area contributed by atoms with Gasteiger partial charge in [-0.15, -0.1) is 0 Å². The van der Waals surface area contributed by atoms with E-state index in [1.807, 2.05) is 47.6 Å². The van der Waals surface area contributed by atoms with Gasteiger partial charge in [-0.2, -0.15) is 5.10 Å². The predicted molar refractivity (Wildman–Crippen MR) is 130 cm³/mol. The number of rotatable bonds is 4. The van der Waals surface area contributed by atoms with Crippen LogP contribution in [0.15, 0.2) is 119 Å². The Balaban J connectivity index is 1.43. The van der Waals surface area contributed by atoms with Crippen molar-refractivity contribution in [3.63, 3.8) is 0 Å². The number of hydrazone groups is 1. The summed E-state index contributed by atoms with van der Waals surface area (Å²) in [5.41, 5.74) is 8.73. The van der Waals surface area contributed by atoms with Crippen LogP contribution in [0, 0.1) is 5.92 Å². The molecule has 3 aromatic carbocycles. The van der Waals surface area contributed by atoms with Crippen LogP contribution in [0.4, 0.5) is 11.4 Å². The molecule has 0 N–H and O–H groups in total. The number of hydrogen-bond donors (Lipinski definition) is 0. The number of para-hydroxylation sites is 2. The average Bonchev–Trinajstić information content (AvgIpc) is 2.84. The molecule has 2 heteroatoms. The first-order valence-electron chi connectivity index (χ1n) is 10.7. The van der Waals surface area contributed by atoms with Crippen LogP contribution in [-0.2, 0) is 0 Å². The highest BCUT2D eigenvalue weighted by atomic mass is 15.5.